The maximum absolute atomic E-state index is 12.0. The monoisotopic (exact) mass is 377 g/mol. The van der Waals surface area contributed by atoms with Gasteiger partial charge in [-0.1, -0.05) is 23.7 Å². The third-order valence-electron chi connectivity index (χ3n) is 3.86. The molecule has 0 unspecified atom stereocenters. The molecule has 1 atom stereocenters. The summed E-state index contributed by atoms with van der Waals surface area (Å²) < 4.78 is 1.54. The average molecular weight is 378 g/mol. The molecular formula is C16H16ClN5O4. The van der Waals surface area contributed by atoms with E-state index < -0.39 is 5.97 Å². The highest BCUT2D eigenvalue weighted by Gasteiger charge is 2.29. The standard InChI is InChI=1S/C16H16ClN5O4/c17-10-6-4-9(5-7-10)11-8-13(24)19-16-20-15(21-22(11)16)18-12(23)2-1-3-14(25)26/h4-7,11H,1-3,8H2,(H,25,26)(H2,18,19,20,21,23,24)/t11-/m1/s1. The Hall–Kier alpha value is -2.94. The highest BCUT2D eigenvalue weighted by atomic mass is 35.5. The summed E-state index contributed by atoms with van der Waals surface area (Å²) in [5, 5.41) is 18.6. The van der Waals surface area contributed by atoms with Crippen LogP contribution >= 0.6 is 11.6 Å². The van der Waals surface area contributed by atoms with Crippen molar-refractivity contribution in [1.82, 2.24) is 14.8 Å². The van der Waals surface area contributed by atoms with Gasteiger partial charge in [-0.3, -0.25) is 25.0 Å². The molecule has 9 nitrogen and oxygen atoms in total. The molecule has 0 radical (unpaired) electrons. The van der Waals surface area contributed by atoms with Crippen molar-refractivity contribution < 1.29 is 19.5 Å². The molecule has 2 heterocycles. The van der Waals surface area contributed by atoms with Crippen LogP contribution in [0.4, 0.5) is 11.9 Å². The minimum Gasteiger partial charge on any atom is -0.481 e. The molecule has 0 saturated carbocycles. The van der Waals surface area contributed by atoms with E-state index in [1.54, 1.807) is 24.3 Å². The second kappa shape index (κ2) is 7.52. The van der Waals surface area contributed by atoms with Crippen LogP contribution in [0.1, 0.15) is 37.3 Å². The molecule has 0 saturated heterocycles. The van der Waals surface area contributed by atoms with Crippen molar-refractivity contribution in [2.45, 2.75) is 31.7 Å². The minimum absolute atomic E-state index is 0.0448. The zero-order valence-electron chi connectivity index (χ0n) is 13.6. The number of hydrogen-bond donors (Lipinski definition) is 3. The lowest BCUT2D eigenvalue weighted by molar-refractivity contribution is -0.137. The number of fused-ring (bicyclic) bond motifs is 1. The van der Waals surface area contributed by atoms with E-state index in [-0.39, 0.29) is 55.4 Å². The second-order valence-corrected chi connectivity index (χ2v) is 6.26. The Morgan fingerprint density at radius 3 is 2.73 bits per heavy atom. The molecule has 3 N–H and O–H groups in total. The van der Waals surface area contributed by atoms with Gasteiger partial charge in [0, 0.05) is 17.9 Å². The van der Waals surface area contributed by atoms with Crippen LogP contribution in [0, 0.1) is 0 Å². The molecule has 1 aliphatic rings. The Morgan fingerprint density at radius 2 is 2.04 bits per heavy atom. The van der Waals surface area contributed by atoms with Crippen molar-refractivity contribution in [3.63, 3.8) is 0 Å². The summed E-state index contributed by atoms with van der Waals surface area (Å²) >= 11 is 5.90. The summed E-state index contributed by atoms with van der Waals surface area (Å²) in [6, 6.07) is 6.71. The lowest BCUT2D eigenvalue weighted by atomic mass is 10.0. The quantitative estimate of drug-likeness (QED) is 0.707. The van der Waals surface area contributed by atoms with Gasteiger partial charge in [0.2, 0.25) is 17.8 Å². The van der Waals surface area contributed by atoms with Crippen LogP contribution in [-0.2, 0) is 14.4 Å². The summed E-state index contributed by atoms with van der Waals surface area (Å²) in [6.45, 7) is 0. The van der Waals surface area contributed by atoms with E-state index in [0.717, 1.165) is 5.56 Å². The van der Waals surface area contributed by atoms with Crippen LogP contribution in [0.3, 0.4) is 0 Å². The van der Waals surface area contributed by atoms with Gasteiger partial charge in [-0.15, -0.1) is 5.10 Å². The number of carboxylic acid groups (broad SMARTS) is 1. The summed E-state index contributed by atoms with van der Waals surface area (Å²) in [7, 11) is 0. The number of hydrogen-bond acceptors (Lipinski definition) is 5. The number of nitrogens with one attached hydrogen (secondary N) is 2. The fourth-order valence-corrected chi connectivity index (χ4v) is 2.77. The number of amides is 2. The lowest BCUT2D eigenvalue weighted by Crippen LogP contribution is -2.29. The molecule has 0 aliphatic carbocycles. The molecule has 1 aromatic carbocycles. The number of nitrogens with zero attached hydrogens (tertiary/aromatic N) is 3. The molecular weight excluding hydrogens is 362 g/mol. The van der Waals surface area contributed by atoms with Crippen LogP contribution in [0.2, 0.25) is 5.02 Å². The first-order valence-corrected chi connectivity index (χ1v) is 8.33. The van der Waals surface area contributed by atoms with E-state index in [1.807, 2.05) is 0 Å². The predicted octanol–water partition coefficient (Wildman–Crippen LogP) is 2.06. The lowest BCUT2D eigenvalue weighted by Gasteiger charge is -2.23. The number of aliphatic carboxylic acids is 1. The van der Waals surface area contributed by atoms with Gasteiger partial charge in [0.15, 0.2) is 0 Å². The molecule has 0 fully saturated rings. The number of anilines is 2. The molecule has 3 rings (SSSR count). The predicted molar refractivity (Wildman–Crippen MR) is 93.0 cm³/mol. The summed E-state index contributed by atoms with van der Waals surface area (Å²) in [4.78, 5) is 38.4. The highest BCUT2D eigenvalue weighted by Crippen LogP contribution is 2.30. The van der Waals surface area contributed by atoms with Crippen molar-refractivity contribution >= 4 is 41.3 Å². The number of benzene rings is 1. The van der Waals surface area contributed by atoms with E-state index in [1.165, 1.54) is 4.68 Å². The van der Waals surface area contributed by atoms with E-state index >= 15 is 0 Å². The fourth-order valence-electron chi connectivity index (χ4n) is 2.65. The van der Waals surface area contributed by atoms with E-state index in [9.17, 15) is 14.4 Å². The number of rotatable bonds is 6. The third kappa shape index (κ3) is 4.17. The normalized spacial score (nSPS) is 15.9. The Bertz CT molecular complexity index is 849. The molecule has 0 bridgehead atoms. The number of halogens is 1. The molecule has 1 aliphatic heterocycles. The minimum atomic E-state index is -0.957. The number of carbonyl (C=O) groups is 3. The van der Waals surface area contributed by atoms with Gasteiger partial charge in [0.1, 0.15) is 0 Å². The zero-order chi connectivity index (χ0) is 18.7. The maximum atomic E-state index is 12.0. The maximum Gasteiger partial charge on any atom is 0.303 e. The van der Waals surface area contributed by atoms with Gasteiger partial charge in [-0.25, -0.2) is 4.68 Å². The Kier molecular flexibility index (Phi) is 5.17. The highest BCUT2D eigenvalue weighted by molar-refractivity contribution is 6.30. The summed E-state index contributed by atoms with van der Waals surface area (Å²) in [5.74, 6) is -1.25. The SMILES string of the molecule is O=C(O)CCCC(=O)Nc1nc2n(n1)[C@@H](c1ccc(Cl)cc1)CC(=O)N2. The summed E-state index contributed by atoms with van der Waals surface area (Å²) in [5.41, 5.74) is 0.842. The van der Waals surface area contributed by atoms with Crippen molar-refractivity contribution in [1.29, 1.82) is 0 Å². The van der Waals surface area contributed by atoms with Crippen LogP contribution < -0.4 is 10.6 Å². The van der Waals surface area contributed by atoms with Crippen LogP contribution in [0.15, 0.2) is 24.3 Å². The Morgan fingerprint density at radius 1 is 1.31 bits per heavy atom. The van der Waals surface area contributed by atoms with Gasteiger partial charge in [0.25, 0.3) is 5.95 Å². The van der Waals surface area contributed by atoms with Gasteiger partial charge < -0.3 is 5.11 Å². The fraction of sp³-hybridized carbons (Fsp3) is 0.312. The number of carbonyl (C=O) groups excluding carboxylic acids is 2. The van der Waals surface area contributed by atoms with Crippen LogP contribution in [0.25, 0.3) is 0 Å². The molecule has 1 aromatic heterocycles. The molecule has 10 heteroatoms. The van der Waals surface area contributed by atoms with Gasteiger partial charge in [0.05, 0.1) is 12.5 Å². The summed E-state index contributed by atoms with van der Waals surface area (Å²) in [6.07, 6.45) is 0.362. The van der Waals surface area contributed by atoms with E-state index in [4.69, 9.17) is 16.7 Å². The van der Waals surface area contributed by atoms with Crippen molar-refractivity contribution in [2.24, 2.45) is 0 Å². The number of aromatic nitrogens is 3. The Labute approximate surface area is 153 Å². The van der Waals surface area contributed by atoms with E-state index in [0.29, 0.717) is 5.02 Å². The van der Waals surface area contributed by atoms with Gasteiger partial charge in [-0.2, -0.15) is 4.98 Å². The second-order valence-electron chi connectivity index (χ2n) is 5.82. The smallest absolute Gasteiger partial charge is 0.303 e. The molecule has 2 amide bonds. The molecule has 136 valence electrons. The van der Waals surface area contributed by atoms with Gasteiger partial charge in [-0.05, 0) is 24.1 Å². The van der Waals surface area contributed by atoms with Crippen LogP contribution in [-0.4, -0.2) is 37.7 Å². The first kappa shape index (κ1) is 17.9. The van der Waals surface area contributed by atoms with E-state index in [2.05, 4.69) is 20.7 Å². The van der Waals surface area contributed by atoms with Crippen molar-refractivity contribution in [3.8, 4) is 0 Å². The zero-order valence-corrected chi connectivity index (χ0v) is 14.4. The number of carboxylic acids is 1. The molecule has 0 spiro atoms. The topological polar surface area (TPSA) is 126 Å². The van der Waals surface area contributed by atoms with Crippen molar-refractivity contribution in [2.75, 3.05) is 10.6 Å². The first-order valence-electron chi connectivity index (χ1n) is 7.96. The third-order valence-corrected chi connectivity index (χ3v) is 4.11. The molecule has 26 heavy (non-hydrogen) atoms. The van der Waals surface area contributed by atoms with Crippen LogP contribution in [0.5, 0.6) is 0 Å². The van der Waals surface area contributed by atoms with Crippen molar-refractivity contribution in [3.05, 3.63) is 34.9 Å². The Balaban J connectivity index is 1.75. The molecule has 2 aromatic rings. The average Bonchev–Trinajstić information content (AvgIpc) is 2.96. The van der Waals surface area contributed by atoms with Gasteiger partial charge >= 0.3 is 5.97 Å². The largest absolute Gasteiger partial charge is 0.481 e. The first-order chi connectivity index (χ1) is 12.4.